The Labute approximate surface area is 276 Å². The Morgan fingerprint density at radius 3 is 2.25 bits per heavy atom. The van der Waals surface area contributed by atoms with Gasteiger partial charge in [0.25, 0.3) is 0 Å². The summed E-state index contributed by atoms with van der Waals surface area (Å²) in [7, 11) is 2.72. The summed E-state index contributed by atoms with van der Waals surface area (Å²) >= 11 is 1.11. The predicted molar refractivity (Wildman–Crippen MR) is 170 cm³/mol. The number of alkyl carbamates (subject to hydrolysis) is 1. The van der Waals surface area contributed by atoms with Crippen molar-refractivity contribution in [1.29, 1.82) is 0 Å². The molecule has 4 amide bonds. The van der Waals surface area contributed by atoms with E-state index in [4.69, 9.17) is 9.47 Å². The number of hydrogen-bond donors (Lipinski definition) is 2. The van der Waals surface area contributed by atoms with Gasteiger partial charge in [-0.05, 0) is 66.9 Å². The smallest absolute Gasteiger partial charge is 0.497 e. The molecule has 0 spiro atoms. The number of aliphatic imine (C=N–C) groups is 1. The summed E-state index contributed by atoms with van der Waals surface area (Å²) < 4.78 is 52.7. The quantitative estimate of drug-likeness (QED) is 0.225. The SMILES string of the molecule is COC(=O)NC(NC(=O)/N=C1\SCC(=O)N1c1c(C)cc(OC)cc1C)c1ccc(-c2ncn(-c3ccc(OC(F)(F)F)cc3)n2)cc1. The Kier molecular flexibility index (Phi) is 9.88. The molecule has 1 atom stereocenters. The second-order valence-corrected chi connectivity index (χ2v) is 11.2. The van der Waals surface area contributed by atoms with E-state index in [-0.39, 0.29) is 22.6 Å². The van der Waals surface area contributed by atoms with Crippen molar-refractivity contribution < 1.29 is 41.8 Å². The van der Waals surface area contributed by atoms with E-state index in [1.54, 1.807) is 43.5 Å². The Balaban J connectivity index is 1.33. The van der Waals surface area contributed by atoms with Gasteiger partial charge in [0.15, 0.2) is 11.0 Å². The number of benzene rings is 3. The molecule has 0 bridgehead atoms. The zero-order valence-electron chi connectivity index (χ0n) is 25.9. The predicted octanol–water partition coefficient (Wildman–Crippen LogP) is 5.66. The number of aromatic nitrogens is 3. The average Bonchev–Trinajstić information content (AvgIpc) is 3.67. The van der Waals surface area contributed by atoms with E-state index in [0.717, 1.165) is 35.0 Å². The number of thioether (sulfide) groups is 1. The highest BCUT2D eigenvalue weighted by Crippen LogP contribution is 2.35. The summed E-state index contributed by atoms with van der Waals surface area (Å²) in [6.45, 7) is 3.65. The van der Waals surface area contributed by atoms with Crippen LogP contribution in [-0.2, 0) is 9.53 Å². The van der Waals surface area contributed by atoms with Crippen LogP contribution in [-0.4, -0.2) is 64.3 Å². The third-order valence-corrected chi connectivity index (χ3v) is 7.85. The number of rotatable bonds is 8. The Morgan fingerprint density at radius 1 is 0.979 bits per heavy atom. The zero-order valence-corrected chi connectivity index (χ0v) is 26.7. The van der Waals surface area contributed by atoms with Gasteiger partial charge in [-0.1, -0.05) is 36.0 Å². The topological polar surface area (TPSA) is 149 Å². The van der Waals surface area contributed by atoms with E-state index < -0.39 is 24.7 Å². The van der Waals surface area contributed by atoms with Gasteiger partial charge < -0.3 is 19.5 Å². The first-order valence-electron chi connectivity index (χ1n) is 14.1. The maximum absolute atomic E-state index is 13.2. The second-order valence-electron chi connectivity index (χ2n) is 10.2. The number of nitrogens with one attached hydrogen (secondary N) is 2. The van der Waals surface area contributed by atoms with Crippen LogP contribution < -0.4 is 25.0 Å². The lowest BCUT2D eigenvalue weighted by atomic mass is 10.1. The molecule has 2 heterocycles. The fourth-order valence-electron chi connectivity index (χ4n) is 4.82. The lowest BCUT2D eigenvalue weighted by Gasteiger charge is -2.22. The van der Waals surface area contributed by atoms with Gasteiger partial charge in [-0.2, -0.15) is 4.99 Å². The monoisotopic (exact) mass is 683 g/mol. The van der Waals surface area contributed by atoms with Crippen molar-refractivity contribution in [3.05, 3.63) is 83.7 Å². The number of alkyl halides is 3. The third kappa shape index (κ3) is 7.86. The molecule has 0 saturated carbocycles. The number of ether oxygens (including phenoxy) is 3. The zero-order chi connectivity index (χ0) is 34.6. The third-order valence-electron chi connectivity index (χ3n) is 6.93. The maximum Gasteiger partial charge on any atom is 0.573 e. The molecule has 1 saturated heterocycles. The van der Waals surface area contributed by atoms with E-state index in [1.807, 2.05) is 13.8 Å². The van der Waals surface area contributed by atoms with Crippen LogP contribution >= 0.6 is 11.8 Å². The van der Waals surface area contributed by atoms with Gasteiger partial charge in [-0.3, -0.25) is 15.0 Å². The fraction of sp³-hybridized carbons (Fsp3) is 0.226. The van der Waals surface area contributed by atoms with Crippen LogP contribution in [0.15, 0.2) is 72.0 Å². The number of amidine groups is 1. The first kappa shape index (κ1) is 33.8. The van der Waals surface area contributed by atoms with Crippen LogP contribution in [0, 0.1) is 13.8 Å². The molecule has 1 aliphatic heterocycles. The van der Waals surface area contributed by atoms with Gasteiger partial charge >= 0.3 is 18.5 Å². The fourth-order valence-corrected chi connectivity index (χ4v) is 5.67. The molecular formula is C31H28F3N7O6S. The molecule has 1 fully saturated rings. The number of methoxy groups -OCH3 is 2. The van der Waals surface area contributed by atoms with Gasteiger partial charge in [0.2, 0.25) is 5.91 Å². The molecule has 13 nitrogen and oxygen atoms in total. The first-order chi connectivity index (χ1) is 22.8. The van der Waals surface area contributed by atoms with Gasteiger partial charge in [-0.15, -0.1) is 18.3 Å². The molecule has 48 heavy (non-hydrogen) atoms. The lowest BCUT2D eigenvalue weighted by molar-refractivity contribution is -0.274. The second kappa shape index (κ2) is 14.0. The minimum absolute atomic E-state index is 0.0872. The Bertz CT molecular complexity index is 1840. The van der Waals surface area contributed by atoms with Crippen molar-refractivity contribution in [2.24, 2.45) is 4.99 Å². The van der Waals surface area contributed by atoms with Crippen molar-refractivity contribution in [3.63, 3.8) is 0 Å². The number of hydrogen-bond acceptors (Lipinski definition) is 9. The van der Waals surface area contributed by atoms with Crippen LogP contribution in [0.5, 0.6) is 11.5 Å². The van der Waals surface area contributed by atoms with Crippen molar-refractivity contribution in [2.75, 3.05) is 24.9 Å². The lowest BCUT2D eigenvalue weighted by Crippen LogP contribution is -2.40. The maximum atomic E-state index is 13.2. The summed E-state index contributed by atoms with van der Waals surface area (Å²) in [4.78, 5) is 48.0. The van der Waals surface area contributed by atoms with E-state index >= 15 is 0 Å². The van der Waals surface area contributed by atoms with Crippen LogP contribution in [0.4, 0.5) is 28.4 Å². The molecule has 1 aromatic heterocycles. The number of carbonyl (C=O) groups excluding carboxylic acids is 3. The summed E-state index contributed by atoms with van der Waals surface area (Å²) in [6, 6.07) is 14.4. The van der Waals surface area contributed by atoms with Crippen molar-refractivity contribution in [1.82, 2.24) is 25.4 Å². The molecule has 250 valence electrons. The summed E-state index contributed by atoms with van der Waals surface area (Å²) in [5, 5.41) is 9.74. The molecule has 1 unspecified atom stereocenters. The molecule has 17 heteroatoms. The molecular weight excluding hydrogens is 655 g/mol. The van der Waals surface area contributed by atoms with Crippen molar-refractivity contribution in [3.8, 4) is 28.6 Å². The summed E-state index contributed by atoms with van der Waals surface area (Å²) in [5.41, 5.74) is 3.58. The van der Waals surface area contributed by atoms with Crippen LogP contribution in [0.3, 0.4) is 0 Å². The number of amides is 4. The molecule has 3 aromatic carbocycles. The summed E-state index contributed by atoms with van der Waals surface area (Å²) in [5.74, 6) is 0.406. The van der Waals surface area contributed by atoms with Gasteiger partial charge in [0.1, 0.15) is 24.0 Å². The normalized spacial score (nSPS) is 14.5. The Morgan fingerprint density at radius 2 is 1.65 bits per heavy atom. The Hall–Kier alpha value is -5.58. The van der Waals surface area contributed by atoms with Crippen molar-refractivity contribution in [2.45, 2.75) is 26.4 Å². The summed E-state index contributed by atoms with van der Waals surface area (Å²) in [6.07, 6.45) is -5.30. The standard InChI is InChI=1S/C31H28F3N7O6S/c1-17-13-23(45-3)14-18(2)25(17)41-24(42)15-48-29(41)38-28(43)36-27(37-30(44)46-4)20-7-5-19(6-8-20)26-35-16-40(39-26)21-9-11-22(12-10-21)47-31(32,33)34/h5-14,16,27H,15H2,1-4H3,(H,36,43)(H,37,44)/b38-29-. The number of urea groups is 1. The molecule has 2 N–H and O–H groups in total. The molecule has 0 radical (unpaired) electrons. The number of aryl methyl sites for hydroxylation is 2. The average molecular weight is 684 g/mol. The van der Waals surface area contributed by atoms with Crippen LogP contribution in [0.1, 0.15) is 22.9 Å². The molecule has 4 aromatic rings. The van der Waals surface area contributed by atoms with E-state index in [0.29, 0.717) is 34.1 Å². The molecule has 1 aliphatic rings. The van der Waals surface area contributed by atoms with Crippen LogP contribution in [0.2, 0.25) is 0 Å². The van der Waals surface area contributed by atoms with E-state index in [1.165, 1.54) is 35.2 Å². The number of nitrogens with zero attached hydrogens (tertiary/aromatic N) is 5. The number of halogens is 3. The van der Waals surface area contributed by atoms with E-state index in [9.17, 15) is 27.6 Å². The van der Waals surface area contributed by atoms with Gasteiger partial charge in [-0.25, -0.2) is 19.3 Å². The largest absolute Gasteiger partial charge is 0.573 e. The van der Waals surface area contributed by atoms with Crippen molar-refractivity contribution >= 4 is 40.6 Å². The highest BCUT2D eigenvalue weighted by atomic mass is 32.2. The van der Waals surface area contributed by atoms with Crippen LogP contribution in [0.25, 0.3) is 17.1 Å². The minimum atomic E-state index is -4.80. The molecule has 0 aliphatic carbocycles. The van der Waals surface area contributed by atoms with Gasteiger partial charge in [0, 0.05) is 5.56 Å². The number of anilines is 1. The van der Waals surface area contributed by atoms with E-state index in [2.05, 4.69) is 30.4 Å². The number of carbonyl (C=O) groups is 3. The first-order valence-corrected chi connectivity index (χ1v) is 15.1. The molecule has 5 rings (SSSR count). The van der Waals surface area contributed by atoms with Gasteiger partial charge in [0.05, 0.1) is 31.3 Å². The minimum Gasteiger partial charge on any atom is -0.497 e. The highest BCUT2D eigenvalue weighted by Gasteiger charge is 2.33. The highest BCUT2D eigenvalue weighted by molar-refractivity contribution is 8.15.